The average molecular weight is 368 g/mol. The molecule has 3 heterocycles. The Balaban J connectivity index is 1.37. The summed E-state index contributed by atoms with van der Waals surface area (Å²) in [5.41, 5.74) is 4.05. The molecule has 0 bridgehead atoms. The summed E-state index contributed by atoms with van der Waals surface area (Å²) in [6.45, 7) is 9.26. The second kappa shape index (κ2) is 7.35. The molecule has 4 rings (SSSR count). The van der Waals surface area contributed by atoms with Crippen LogP contribution in [-0.4, -0.2) is 77.3 Å². The van der Waals surface area contributed by atoms with Gasteiger partial charge in [0.1, 0.15) is 5.69 Å². The quantitative estimate of drug-likeness (QED) is 0.903. The third kappa shape index (κ3) is 3.72. The SMILES string of the molecule is Cc1cc(C)c2cc(C(=O)N3CCN(CC(=O)N4CCCC4)CC3)[nH]c2c1. The van der Waals surface area contributed by atoms with Gasteiger partial charge >= 0.3 is 0 Å². The number of hydrogen-bond donors (Lipinski definition) is 1. The molecule has 1 aromatic heterocycles. The number of carbonyl (C=O) groups excluding carboxylic acids is 2. The predicted octanol–water partition coefficient (Wildman–Crippen LogP) is 2.16. The van der Waals surface area contributed by atoms with E-state index < -0.39 is 0 Å². The maximum atomic E-state index is 12.9. The predicted molar refractivity (Wildman–Crippen MR) is 106 cm³/mol. The zero-order chi connectivity index (χ0) is 19.0. The van der Waals surface area contributed by atoms with Gasteiger partial charge in [-0.3, -0.25) is 14.5 Å². The highest BCUT2D eigenvalue weighted by Gasteiger charge is 2.26. The number of benzene rings is 1. The normalized spacial score (nSPS) is 18.4. The van der Waals surface area contributed by atoms with E-state index in [0.29, 0.717) is 25.3 Å². The molecule has 27 heavy (non-hydrogen) atoms. The summed E-state index contributed by atoms with van der Waals surface area (Å²) >= 11 is 0. The number of aromatic nitrogens is 1. The van der Waals surface area contributed by atoms with Crippen molar-refractivity contribution in [3.8, 4) is 0 Å². The number of rotatable bonds is 3. The third-order valence-electron chi connectivity index (χ3n) is 5.80. The molecule has 6 heteroatoms. The molecule has 2 aliphatic heterocycles. The molecular weight excluding hydrogens is 340 g/mol. The molecule has 0 radical (unpaired) electrons. The molecule has 2 fully saturated rings. The molecule has 0 aliphatic carbocycles. The summed E-state index contributed by atoms with van der Waals surface area (Å²) in [5.74, 6) is 0.280. The van der Waals surface area contributed by atoms with Gasteiger partial charge in [0, 0.05) is 50.2 Å². The van der Waals surface area contributed by atoms with E-state index in [1.807, 2.05) is 15.9 Å². The van der Waals surface area contributed by atoms with Gasteiger partial charge in [-0.05, 0) is 49.9 Å². The minimum atomic E-state index is 0.0498. The first-order valence-electron chi connectivity index (χ1n) is 9.90. The number of amides is 2. The summed E-state index contributed by atoms with van der Waals surface area (Å²) in [7, 11) is 0. The van der Waals surface area contributed by atoms with Gasteiger partial charge in [0.05, 0.1) is 6.54 Å². The van der Waals surface area contributed by atoms with Crippen molar-refractivity contribution in [1.29, 1.82) is 0 Å². The number of carbonyl (C=O) groups is 2. The van der Waals surface area contributed by atoms with Crippen molar-refractivity contribution < 1.29 is 9.59 Å². The zero-order valence-electron chi connectivity index (χ0n) is 16.3. The number of nitrogens with zero attached hydrogens (tertiary/aromatic N) is 3. The Labute approximate surface area is 160 Å². The second-order valence-electron chi connectivity index (χ2n) is 7.88. The Bertz CT molecular complexity index is 858. The van der Waals surface area contributed by atoms with E-state index in [9.17, 15) is 9.59 Å². The molecular formula is C21H28N4O2. The summed E-state index contributed by atoms with van der Waals surface area (Å²) < 4.78 is 0. The monoisotopic (exact) mass is 368 g/mol. The maximum Gasteiger partial charge on any atom is 0.270 e. The van der Waals surface area contributed by atoms with Crippen LogP contribution in [0.25, 0.3) is 10.9 Å². The molecule has 0 atom stereocenters. The van der Waals surface area contributed by atoms with Crippen molar-refractivity contribution in [2.45, 2.75) is 26.7 Å². The Kier molecular flexibility index (Phi) is 4.91. The highest BCUT2D eigenvalue weighted by atomic mass is 16.2. The maximum absolute atomic E-state index is 12.9. The lowest BCUT2D eigenvalue weighted by Crippen LogP contribution is -2.51. The van der Waals surface area contributed by atoms with Crippen LogP contribution in [0.5, 0.6) is 0 Å². The van der Waals surface area contributed by atoms with Gasteiger partial charge in [0.15, 0.2) is 0 Å². The van der Waals surface area contributed by atoms with E-state index in [1.165, 1.54) is 11.1 Å². The summed E-state index contributed by atoms with van der Waals surface area (Å²) in [6, 6.07) is 6.19. The molecule has 2 aliphatic rings. The molecule has 1 aromatic carbocycles. The van der Waals surface area contributed by atoms with Crippen LogP contribution in [0.15, 0.2) is 18.2 Å². The first kappa shape index (κ1) is 18.0. The number of piperazine rings is 1. The number of aromatic amines is 1. The van der Waals surface area contributed by atoms with E-state index in [4.69, 9.17) is 0 Å². The van der Waals surface area contributed by atoms with Crippen molar-refractivity contribution in [1.82, 2.24) is 19.7 Å². The molecule has 2 aromatic rings. The zero-order valence-corrected chi connectivity index (χ0v) is 16.3. The molecule has 0 spiro atoms. The van der Waals surface area contributed by atoms with Crippen LogP contribution in [0.3, 0.4) is 0 Å². The standard InChI is InChI=1S/C21H28N4O2/c1-15-11-16(2)17-13-19(22-18(17)12-15)21(27)25-9-7-23(8-10-25)14-20(26)24-5-3-4-6-24/h11-13,22H,3-10,14H2,1-2H3. The molecule has 0 unspecified atom stereocenters. The van der Waals surface area contributed by atoms with Gasteiger partial charge in [-0.2, -0.15) is 0 Å². The minimum absolute atomic E-state index is 0.0498. The number of hydrogen-bond acceptors (Lipinski definition) is 3. The molecule has 2 saturated heterocycles. The first-order chi connectivity index (χ1) is 13.0. The Morgan fingerprint density at radius 1 is 0.926 bits per heavy atom. The molecule has 1 N–H and O–H groups in total. The number of fused-ring (bicyclic) bond motifs is 1. The van der Waals surface area contributed by atoms with Crippen molar-refractivity contribution in [3.05, 3.63) is 35.0 Å². The van der Waals surface area contributed by atoms with Crippen LogP contribution < -0.4 is 0 Å². The van der Waals surface area contributed by atoms with Gasteiger partial charge < -0.3 is 14.8 Å². The highest BCUT2D eigenvalue weighted by Crippen LogP contribution is 2.22. The lowest BCUT2D eigenvalue weighted by molar-refractivity contribution is -0.131. The van der Waals surface area contributed by atoms with E-state index in [1.54, 1.807) is 0 Å². The van der Waals surface area contributed by atoms with Crippen molar-refractivity contribution in [2.75, 3.05) is 45.8 Å². The van der Waals surface area contributed by atoms with Crippen LogP contribution in [0.2, 0.25) is 0 Å². The Morgan fingerprint density at radius 2 is 1.63 bits per heavy atom. The van der Waals surface area contributed by atoms with E-state index in [2.05, 4.69) is 35.9 Å². The minimum Gasteiger partial charge on any atom is -0.351 e. The summed E-state index contributed by atoms with van der Waals surface area (Å²) in [4.78, 5) is 34.5. The lowest BCUT2D eigenvalue weighted by Gasteiger charge is -2.34. The third-order valence-corrected chi connectivity index (χ3v) is 5.80. The van der Waals surface area contributed by atoms with Gasteiger partial charge in [-0.1, -0.05) is 6.07 Å². The van der Waals surface area contributed by atoms with Crippen molar-refractivity contribution >= 4 is 22.7 Å². The fraction of sp³-hybridized carbons (Fsp3) is 0.524. The largest absolute Gasteiger partial charge is 0.351 e. The highest BCUT2D eigenvalue weighted by molar-refractivity contribution is 5.99. The van der Waals surface area contributed by atoms with Gasteiger partial charge in [0.25, 0.3) is 5.91 Å². The second-order valence-corrected chi connectivity index (χ2v) is 7.88. The summed E-state index contributed by atoms with van der Waals surface area (Å²) in [5, 5.41) is 1.11. The van der Waals surface area contributed by atoms with Crippen LogP contribution in [-0.2, 0) is 4.79 Å². The Morgan fingerprint density at radius 3 is 2.33 bits per heavy atom. The molecule has 2 amide bonds. The van der Waals surface area contributed by atoms with E-state index >= 15 is 0 Å². The van der Waals surface area contributed by atoms with Crippen LogP contribution >= 0.6 is 0 Å². The average Bonchev–Trinajstić information content (AvgIpc) is 3.31. The topological polar surface area (TPSA) is 59.7 Å². The fourth-order valence-electron chi connectivity index (χ4n) is 4.25. The number of likely N-dealkylation sites (tertiary alicyclic amines) is 1. The number of aryl methyl sites for hydroxylation is 2. The van der Waals surface area contributed by atoms with Crippen LogP contribution in [0.1, 0.15) is 34.5 Å². The van der Waals surface area contributed by atoms with Crippen molar-refractivity contribution in [3.63, 3.8) is 0 Å². The van der Waals surface area contributed by atoms with E-state index in [-0.39, 0.29) is 11.8 Å². The molecule has 6 nitrogen and oxygen atoms in total. The van der Waals surface area contributed by atoms with Gasteiger partial charge in [0.2, 0.25) is 5.91 Å². The molecule has 0 saturated carbocycles. The number of H-pyrrole nitrogens is 1. The van der Waals surface area contributed by atoms with Gasteiger partial charge in [-0.15, -0.1) is 0 Å². The number of nitrogens with one attached hydrogen (secondary N) is 1. The van der Waals surface area contributed by atoms with Crippen LogP contribution in [0.4, 0.5) is 0 Å². The van der Waals surface area contributed by atoms with Crippen molar-refractivity contribution in [2.24, 2.45) is 0 Å². The van der Waals surface area contributed by atoms with Gasteiger partial charge in [-0.25, -0.2) is 0 Å². The fourth-order valence-corrected chi connectivity index (χ4v) is 4.25. The van der Waals surface area contributed by atoms with Crippen LogP contribution in [0, 0.1) is 13.8 Å². The summed E-state index contributed by atoms with van der Waals surface area (Å²) in [6.07, 6.45) is 2.25. The lowest BCUT2D eigenvalue weighted by atomic mass is 10.1. The first-order valence-corrected chi connectivity index (χ1v) is 9.90. The molecule has 144 valence electrons. The smallest absolute Gasteiger partial charge is 0.270 e. The Hall–Kier alpha value is -2.34. The van der Waals surface area contributed by atoms with E-state index in [0.717, 1.165) is 49.9 Å².